The Hall–Kier alpha value is -1.81. The van der Waals surface area contributed by atoms with E-state index in [9.17, 15) is 5.11 Å². The number of fused-ring (bicyclic) bond motifs is 1. The van der Waals surface area contributed by atoms with Crippen molar-refractivity contribution >= 4 is 22.1 Å². The van der Waals surface area contributed by atoms with Crippen LogP contribution in [0.4, 0.5) is 11.4 Å². The fourth-order valence-electron chi connectivity index (χ4n) is 2.86. The Labute approximate surface area is 112 Å². The predicted molar refractivity (Wildman–Crippen MR) is 78.2 cm³/mol. The summed E-state index contributed by atoms with van der Waals surface area (Å²) < 4.78 is 0. The van der Waals surface area contributed by atoms with Crippen LogP contribution in [-0.4, -0.2) is 29.8 Å². The van der Waals surface area contributed by atoms with E-state index in [1.807, 2.05) is 18.3 Å². The molecule has 1 aliphatic rings. The molecule has 1 saturated carbocycles. The lowest BCUT2D eigenvalue weighted by Crippen LogP contribution is -2.37. The van der Waals surface area contributed by atoms with Crippen LogP contribution in [0.5, 0.6) is 0 Å². The molecular formula is C15H19N3O. The highest BCUT2D eigenvalue weighted by atomic mass is 16.3. The zero-order valence-electron chi connectivity index (χ0n) is 11.1. The SMILES string of the molecule is CN(CC1CC(O)C1)c1ccc(N)c2cnccc12. The van der Waals surface area contributed by atoms with E-state index in [0.29, 0.717) is 5.92 Å². The number of hydrogen-bond donors (Lipinski definition) is 2. The summed E-state index contributed by atoms with van der Waals surface area (Å²) in [4.78, 5) is 6.39. The van der Waals surface area contributed by atoms with Crippen molar-refractivity contribution < 1.29 is 5.11 Å². The quantitative estimate of drug-likeness (QED) is 0.826. The van der Waals surface area contributed by atoms with Gasteiger partial charge in [-0.15, -0.1) is 0 Å². The van der Waals surface area contributed by atoms with Gasteiger partial charge in [0.15, 0.2) is 0 Å². The smallest absolute Gasteiger partial charge is 0.0546 e. The normalized spacial score (nSPS) is 22.2. The molecule has 1 fully saturated rings. The molecule has 0 saturated heterocycles. The maximum absolute atomic E-state index is 9.37. The Morgan fingerprint density at radius 1 is 1.32 bits per heavy atom. The summed E-state index contributed by atoms with van der Waals surface area (Å²) in [6, 6.07) is 6.01. The van der Waals surface area contributed by atoms with Crippen LogP contribution in [0, 0.1) is 5.92 Å². The molecule has 0 amide bonds. The van der Waals surface area contributed by atoms with Crippen LogP contribution >= 0.6 is 0 Å². The van der Waals surface area contributed by atoms with Crippen molar-refractivity contribution in [1.82, 2.24) is 4.98 Å². The Kier molecular flexibility index (Phi) is 3.03. The number of anilines is 2. The van der Waals surface area contributed by atoms with Gasteiger partial charge in [0, 0.05) is 48.1 Å². The second kappa shape index (κ2) is 4.70. The van der Waals surface area contributed by atoms with Crippen LogP contribution in [0.2, 0.25) is 0 Å². The van der Waals surface area contributed by atoms with Crippen LogP contribution in [-0.2, 0) is 0 Å². The second-order valence-corrected chi connectivity index (χ2v) is 5.47. The number of aliphatic hydroxyl groups excluding tert-OH is 1. The number of hydrogen-bond acceptors (Lipinski definition) is 4. The topological polar surface area (TPSA) is 62.4 Å². The highest BCUT2D eigenvalue weighted by Gasteiger charge is 2.28. The van der Waals surface area contributed by atoms with Gasteiger partial charge in [-0.2, -0.15) is 0 Å². The summed E-state index contributed by atoms with van der Waals surface area (Å²) >= 11 is 0. The molecule has 1 aliphatic carbocycles. The van der Waals surface area contributed by atoms with E-state index in [4.69, 9.17) is 5.73 Å². The van der Waals surface area contributed by atoms with E-state index in [0.717, 1.165) is 35.8 Å². The van der Waals surface area contributed by atoms with Gasteiger partial charge in [-0.25, -0.2) is 0 Å². The molecular weight excluding hydrogens is 238 g/mol. The minimum atomic E-state index is -0.0919. The Balaban J connectivity index is 1.89. The molecule has 2 aromatic rings. The third-order valence-electron chi connectivity index (χ3n) is 3.98. The van der Waals surface area contributed by atoms with Gasteiger partial charge in [-0.1, -0.05) is 0 Å². The molecule has 0 spiro atoms. The van der Waals surface area contributed by atoms with Crippen molar-refractivity contribution in [2.75, 3.05) is 24.2 Å². The molecule has 4 heteroatoms. The molecule has 0 atom stereocenters. The standard InChI is InChI=1S/C15H19N3O/c1-18(9-10-6-11(19)7-10)15-3-2-14(16)13-8-17-5-4-12(13)15/h2-5,8,10-11,19H,6-7,9,16H2,1H3. The van der Waals surface area contributed by atoms with Gasteiger partial charge in [0.05, 0.1) is 6.10 Å². The van der Waals surface area contributed by atoms with Gasteiger partial charge in [-0.3, -0.25) is 4.98 Å². The summed E-state index contributed by atoms with van der Waals surface area (Å²) in [7, 11) is 2.09. The number of rotatable bonds is 3. The zero-order chi connectivity index (χ0) is 13.4. The first-order valence-electron chi connectivity index (χ1n) is 6.66. The van der Waals surface area contributed by atoms with Gasteiger partial charge in [0.25, 0.3) is 0 Å². The maximum atomic E-state index is 9.37. The van der Waals surface area contributed by atoms with Crippen molar-refractivity contribution in [2.45, 2.75) is 18.9 Å². The number of pyridine rings is 1. The molecule has 0 unspecified atom stereocenters. The molecule has 4 nitrogen and oxygen atoms in total. The number of nitrogens with zero attached hydrogens (tertiary/aromatic N) is 2. The van der Waals surface area contributed by atoms with Gasteiger partial charge in [-0.05, 0) is 37.0 Å². The minimum absolute atomic E-state index is 0.0919. The van der Waals surface area contributed by atoms with Crippen molar-refractivity contribution in [2.24, 2.45) is 5.92 Å². The van der Waals surface area contributed by atoms with Crippen molar-refractivity contribution in [3.8, 4) is 0 Å². The van der Waals surface area contributed by atoms with Gasteiger partial charge in [0.2, 0.25) is 0 Å². The molecule has 0 radical (unpaired) electrons. The molecule has 19 heavy (non-hydrogen) atoms. The van der Waals surface area contributed by atoms with Crippen molar-refractivity contribution in [1.29, 1.82) is 0 Å². The molecule has 1 aromatic carbocycles. The van der Waals surface area contributed by atoms with Crippen LogP contribution in [0.25, 0.3) is 10.8 Å². The molecule has 3 N–H and O–H groups in total. The second-order valence-electron chi connectivity index (χ2n) is 5.47. The monoisotopic (exact) mass is 257 g/mol. The van der Waals surface area contributed by atoms with Crippen LogP contribution in [0.15, 0.2) is 30.6 Å². The lowest BCUT2D eigenvalue weighted by atomic mass is 9.82. The van der Waals surface area contributed by atoms with Crippen molar-refractivity contribution in [3.05, 3.63) is 30.6 Å². The summed E-state index contributed by atoms with van der Waals surface area (Å²) in [5.41, 5.74) is 7.93. The number of benzene rings is 1. The van der Waals surface area contributed by atoms with Crippen LogP contribution in [0.3, 0.4) is 0 Å². The lowest BCUT2D eigenvalue weighted by Gasteiger charge is -2.35. The first-order valence-corrected chi connectivity index (χ1v) is 6.66. The Morgan fingerprint density at radius 2 is 2.11 bits per heavy atom. The van der Waals surface area contributed by atoms with Crippen LogP contribution < -0.4 is 10.6 Å². The average molecular weight is 257 g/mol. The fraction of sp³-hybridized carbons (Fsp3) is 0.400. The first kappa shape index (κ1) is 12.2. The zero-order valence-corrected chi connectivity index (χ0v) is 11.1. The largest absolute Gasteiger partial charge is 0.398 e. The van der Waals surface area contributed by atoms with E-state index in [1.165, 1.54) is 5.69 Å². The minimum Gasteiger partial charge on any atom is -0.398 e. The molecule has 100 valence electrons. The summed E-state index contributed by atoms with van der Waals surface area (Å²) in [6.07, 6.45) is 5.35. The fourth-order valence-corrected chi connectivity index (χ4v) is 2.86. The molecule has 0 aliphatic heterocycles. The predicted octanol–water partition coefficient (Wildman–Crippen LogP) is 2.02. The lowest BCUT2D eigenvalue weighted by molar-refractivity contribution is 0.0465. The third-order valence-corrected chi connectivity index (χ3v) is 3.98. The Morgan fingerprint density at radius 3 is 2.84 bits per heavy atom. The van der Waals surface area contributed by atoms with Gasteiger partial charge in [0.1, 0.15) is 0 Å². The van der Waals surface area contributed by atoms with E-state index >= 15 is 0 Å². The highest BCUT2D eigenvalue weighted by molar-refractivity contribution is 6.00. The summed E-state index contributed by atoms with van der Waals surface area (Å²) in [5, 5.41) is 11.5. The molecule has 1 heterocycles. The summed E-state index contributed by atoms with van der Waals surface area (Å²) in [5.74, 6) is 0.592. The first-order chi connectivity index (χ1) is 9.15. The maximum Gasteiger partial charge on any atom is 0.0546 e. The number of aromatic nitrogens is 1. The van der Waals surface area contributed by atoms with Gasteiger partial charge >= 0.3 is 0 Å². The molecule has 0 bridgehead atoms. The van der Waals surface area contributed by atoms with Gasteiger partial charge < -0.3 is 15.7 Å². The number of aliphatic hydroxyl groups is 1. The van der Waals surface area contributed by atoms with Crippen LogP contribution in [0.1, 0.15) is 12.8 Å². The Bertz CT molecular complexity index is 593. The third kappa shape index (κ3) is 2.24. The van der Waals surface area contributed by atoms with E-state index < -0.39 is 0 Å². The van der Waals surface area contributed by atoms with Crippen molar-refractivity contribution in [3.63, 3.8) is 0 Å². The molecule has 3 rings (SSSR count). The summed E-state index contributed by atoms with van der Waals surface area (Å²) in [6.45, 7) is 0.971. The van der Waals surface area contributed by atoms with E-state index in [1.54, 1.807) is 6.20 Å². The number of nitrogen functional groups attached to an aromatic ring is 1. The molecule has 1 aromatic heterocycles. The number of nitrogens with two attached hydrogens (primary N) is 1. The van der Waals surface area contributed by atoms with E-state index in [2.05, 4.69) is 23.0 Å². The highest BCUT2D eigenvalue weighted by Crippen LogP contribution is 2.33. The van der Waals surface area contributed by atoms with E-state index in [-0.39, 0.29) is 6.10 Å². The average Bonchev–Trinajstić information content (AvgIpc) is 2.37.